The molecule has 5 nitrogen and oxygen atoms in total. The van der Waals surface area contributed by atoms with E-state index in [0.717, 1.165) is 17.0 Å². The van der Waals surface area contributed by atoms with Gasteiger partial charge in [-0.1, -0.05) is 0 Å². The molecule has 0 fully saturated rings. The smallest absolute Gasteiger partial charge is 0.356 e. The SMILES string of the molecule is Cc1nc(C(=O)O)c(-c2ccc3c(c2)OCCCO3)s1. The molecule has 0 atom stereocenters. The fraction of sp³-hybridized carbons (Fsp3) is 0.286. The number of hydrogen-bond donors (Lipinski definition) is 1. The number of thiazole rings is 1. The van der Waals surface area contributed by atoms with Gasteiger partial charge in [0.1, 0.15) is 0 Å². The van der Waals surface area contributed by atoms with Crippen molar-refractivity contribution < 1.29 is 19.4 Å². The van der Waals surface area contributed by atoms with E-state index >= 15 is 0 Å². The van der Waals surface area contributed by atoms with E-state index in [1.165, 1.54) is 11.3 Å². The summed E-state index contributed by atoms with van der Waals surface area (Å²) in [6, 6.07) is 5.48. The molecule has 104 valence electrons. The van der Waals surface area contributed by atoms with Crippen molar-refractivity contribution in [1.29, 1.82) is 0 Å². The number of rotatable bonds is 2. The third-order valence-electron chi connectivity index (χ3n) is 2.95. The van der Waals surface area contributed by atoms with Crippen molar-refractivity contribution in [2.45, 2.75) is 13.3 Å². The van der Waals surface area contributed by atoms with E-state index in [2.05, 4.69) is 4.98 Å². The number of carboxylic acid groups (broad SMARTS) is 1. The number of benzene rings is 1. The maximum atomic E-state index is 11.2. The number of carboxylic acids is 1. The normalized spacial score (nSPS) is 13.8. The maximum absolute atomic E-state index is 11.2. The van der Waals surface area contributed by atoms with Gasteiger partial charge in [-0.25, -0.2) is 9.78 Å². The van der Waals surface area contributed by atoms with Gasteiger partial charge in [-0.2, -0.15) is 0 Å². The molecule has 1 aliphatic heterocycles. The summed E-state index contributed by atoms with van der Waals surface area (Å²) in [6.45, 7) is 3.03. The number of ether oxygens (including phenoxy) is 2. The Labute approximate surface area is 119 Å². The fourth-order valence-corrected chi connectivity index (χ4v) is 2.98. The first kappa shape index (κ1) is 12.9. The summed E-state index contributed by atoms with van der Waals surface area (Å²) in [5, 5.41) is 9.94. The summed E-state index contributed by atoms with van der Waals surface area (Å²) in [5.74, 6) is 0.336. The van der Waals surface area contributed by atoms with Crippen molar-refractivity contribution in [2.75, 3.05) is 13.2 Å². The summed E-state index contributed by atoms with van der Waals surface area (Å²) < 4.78 is 11.2. The van der Waals surface area contributed by atoms with Gasteiger partial charge in [0.15, 0.2) is 17.2 Å². The van der Waals surface area contributed by atoms with E-state index in [9.17, 15) is 9.90 Å². The lowest BCUT2D eigenvalue weighted by Crippen LogP contribution is -1.99. The Morgan fingerprint density at radius 2 is 2.05 bits per heavy atom. The fourth-order valence-electron chi connectivity index (χ4n) is 2.07. The van der Waals surface area contributed by atoms with Gasteiger partial charge in [0.05, 0.1) is 23.1 Å². The highest BCUT2D eigenvalue weighted by Gasteiger charge is 2.19. The monoisotopic (exact) mass is 291 g/mol. The molecule has 1 aromatic carbocycles. The van der Waals surface area contributed by atoms with Crippen LogP contribution in [0.3, 0.4) is 0 Å². The number of fused-ring (bicyclic) bond motifs is 1. The standard InChI is InChI=1S/C14H13NO4S/c1-8-15-12(14(16)17)13(20-8)9-3-4-10-11(7-9)19-6-2-5-18-10/h3-4,7H,2,5-6H2,1H3,(H,16,17). The molecule has 0 unspecified atom stereocenters. The number of hydrogen-bond acceptors (Lipinski definition) is 5. The Balaban J connectivity index is 2.07. The highest BCUT2D eigenvalue weighted by atomic mass is 32.1. The zero-order valence-corrected chi connectivity index (χ0v) is 11.7. The Morgan fingerprint density at radius 1 is 1.30 bits per heavy atom. The first-order valence-electron chi connectivity index (χ1n) is 6.26. The van der Waals surface area contributed by atoms with Crippen LogP contribution in [-0.2, 0) is 0 Å². The third kappa shape index (κ3) is 2.34. The largest absolute Gasteiger partial charge is 0.490 e. The van der Waals surface area contributed by atoms with Crippen LogP contribution in [0.2, 0.25) is 0 Å². The predicted octanol–water partition coefficient (Wildman–Crippen LogP) is 2.98. The molecule has 0 amide bonds. The molecule has 1 aliphatic rings. The van der Waals surface area contributed by atoms with E-state index in [1.807, 2.05) is 18.2 Å². The first-order chi connectivity index (χ1) is 9.65. The van der Waals surface area contributed by atoms with Crippen LogP contribution >= 0.6 is 11.3 Å². The minimum atomic E-state index is -1.02. The van der Waals surface area contributed by atoms with E-state index < -0.39 is 5.97 Å². The minimum absolute atomic E-state index is 0.0852. The number of carbonyl (C=O) groups is 1. The Hall–Kier alpha value is -2.08. The minimum Gasteiger partial charge on any atom is -0.490 e. The molecule has 0 radical (unpaired) electrons. The third-order valence-corrected chi connectivity index (χ3v) is 3.97. The van der Waals surface area contributed by atoms with Gasteiger partial charge in [0.2, 0.25) is 0 Å². The van der Waals surface area contributed by atoms with Gasteiger partial charge in [-0.05, 0) is 30.7 Å². The molecule has 20 heavy (non-hydrogen) atoms. The Kier molecular flexibility index (Phi) is 3.31. The second kappa shape index (κ2) is 5.13. The second-order valence-corrected chi connectivity index (χ2v) is 5.63. The van der Waals surface area contributed by atoms with Gasteiger partial charge in [-0.3, -0.25) is 0 Å². The number of aromatic nitrogens is 1. The summed E-state index contributed by atoms with van der Waals surface area (Å²) in [5.41, 5.74) is 0.874. The average Bonchev–Trinajstić information content (AvgIpc) is 2.68. The van der Waals surface area contributed by atoms with Gasteiger partial charge < -0.3 is 14.6 Å². The first-order valence-corrected chi connectivity index (χ1v) is 7.07. The number of nitrogens with zero attached hydrogens (tertiary/aromatic N) is 1. The zero-order chi connectivity index (χ0) is 14.1. The lowest BCUT2D eigenvalue weighted by atomic mass is 10.1. The molecule has 2 aromatic rings. The lowest BCUT2D eigenvalue weighted by molar-refractivity contribution is 0.0692. The van der Waals surface area contributed by atoms with Crippen LogP contribution in [0.1, 0.15) is 21.9 Å². The molecular weight excluding hydrogens is 278 g/mol. The van der Waals surface area contributed by atoms with Crippen molar-refractivity contribution in [3.63, 3.8) is 0 Å². The molecule has 1 N–H and O–H groups in total. The second-order valence-electron chi connectivity index (χ2n) is 4.43. The molecule has 0 aliphatic carbocycles. The van der Waals surface area contributed by atoms with Crippen molar-refractivity contribution >= 4 is 17.3 Å². The lowest BCUT2D eigenvalue weighted by Gasteiger charge is -2.08. The molecule has 1 aromatic heterocycles. The summed E-state index contributed by atoms with van der Waals surface area (Å²) in [6.07, 6.45) is 0.837. The zero-order valence-electron chi connectivity index (χ0n) is 10.9. The van der Waals surface area contributed by atoms with E-state index in [-0.39, 0.29) is 5.69 Å². The predicted molar refractivity (Wildman–Crippen MR) is 74.9 cm³/mol. The summed E-state index contributed by atoms with van der Waals surface area (Å²) >= 11 is 1.36. The van der Waals surface area contributed by atoms with Crippen LogP contribution in [0.4, 0.5) is 0 Å². The van der Waals surface area contributed by atoms with Gasteiger partial charge in [0.25, 0.3) is 0 Å². The Morgan fingerprint density at radius 3 is 2.80 bits per heavy atom. The quantitative estimate of drug-likeness (QED) is 0.921. The van der Waals surface area contributed by atoms with Crippen LogP contribution in [0.15, 0.2) is 18.2 Å². The van der Waals surface area contributed by atoms with Crippen molar-refractivity contribution in [3.05, 3.63) is 28.9 Å². The van der Waals surface area contributed by atoms with Crippen LogP contribution in [0.5, 0.6) is 11.5 Å². The summed E-state index contributed by atoms with van der Waals surface area (Å²) in [7, 11) is 0. The van der Waals surface area contributed by atoms with E-state index in [4.69, 9.17) is 9.47 Å². The van der Waals surface area contributed by atoms with Crippen molar-refractivity contribution in [3.8, 4) is 21.9 Å². The molecular formula is C14H13NO4S. The van der Waals surface area contributed by atoms with Gasteiger partial charge >= 0.3 is 5.97 Å². The molecule has 0 bridgehead atoms. The van der Waals surface area contributed by atoms with Crippen LogP contribution in [0.25, 0.3) is 10.4 Å². The van der Waals surface area contributed by atoms with Gasteiger partial charge in [0, 0.05) is 6.42 Å². The van der Waals surface area contributed by atoms with Crippen molar-refractivity contribution in [1.82, 2.24) is 4.98 Å². The van der Waals surface area contributed by atoms with E-state index in [0.29, 0.717) is 29.6 Å². The van der Waals surface area contributed by atoms with Crippen LogP contribution in [0, 0.1) is 6.92 Å². The molecule has 0 spiro atoms. The Bertz CT molecular complexity index is 665. The molecule has 3 rings (SSSR count). The molecule has 0 saturated heterocycles. The van der Waals surface area contributed by atoms with Gasteiger partial charge in [-0.15, -0.1) is 11.3 Å². The van der Waals surface area contributed by atoms with Crippen molar-refractivity contribution in [2.24, 2.45) is 0 Å². The van der Waals surface area contributed by atoms with Crippen LogP contribution < -0.4 is 9.47 Å². The van der Waals surface area contributed by atoms with E-state index in [1.54, 1.807) is 6.92 Å². The number of aromatic carboxylic acids is 1. The topological polar surface area (TPSA) is 68.7 Å². The van der Waals surface area contributed by atoms with Crippen LogP contribution in [-0.4, -0.2) is 29.3 Å². The molecule has 0 saturated carbocycles. The highest BCUT2D eigenvalue weighted by Crippen LogP contribution is 2.37. The summed E-state index contributed by atoms with van der Waals surface area (Å²) in [4.78, 5) is 15.9. The highest BCUT2D eigenvalue weighted by molar-refractivity contribution is 7.15. The number of aryl methyl sites for hydroxylation is 1. The maximum Gasteiger partial charge on any atom is 0.356 e. The average molecular weight is 291 g/mol. The molecule has 6 heteroatoms. The molecule has 2 heterocycles.